The summed E-state index contributed by atoms with van der Waals surface area (Å²) < 4.78 is 12.4. The topological polar surface area (TPSA) is 81.3 Å². The Morgan fingerprint density at radius 2 is 1.07 bits per heavy atom. The zero-order chi connectivity index (χ0) is 31.9. The summed E-state index contributed by atoms with van der Waals surface area (Å²) >= 11 is 0. The minimum Gasteiger partial charge on any atom is -0.456 e. The van der Waals surface area contributed by atoms with E-state index in [0.717, 1.165) is 55.2 Å². The summed E-state index contributed by atoms with van der Waals surface area (Å²) in [7, 11) is 1.72. The van der Waals surface area contributed by atoms with E-state index < -0.39 is 11.2 Å². The lowest BCUT2D eigenvalue weighted by atomic mass is 9.78. The minimum absolute atomic E-state index is 0.595. The summed E-state index contributed by atoms with van der Waals surface area (Å²) in [6.45, 7) is 7.24. The molecule has 0 fully saturated rings. The third-order valence-electron chi connectivity index (χ3n) is 8.66. The number of rotatable bonds is 8. The Bertz CT molecular complexity index is 2100. The Morgan fingerprint density at radius 3 is 1.63 bits per heavy atom. The third-order valence-corrected chi connectivity index (χ3v) is 8.66. The van der Waals surface area contributed by atoms with Crippen molar-refractivity contribution in [1.82, 2.24) is 15.0 Å². The maximum absolute atomic E-state index is 10.7. The molecule has 0 saturated heterocycles. The van der Waals surface area contributed by atoms with Crippen LogP contribution in [0, 0.1) is 0 Å². The molecule has 0 spiro atoms. The van der Waals surface area contributed by atoms with Crippen molar-refractivity contribution in [3.05, 3.63) is 121 Å². The Hall–Kier alpha value is -5.11. The smallest absolute Gasteiger partial charge is 0.331 e. The fourth-order valence-electron chi connectivity index (χ4n) is 5.23. The van der Waals surface area contributed by atoms with Gasteiger partial charge in [-0.25, -0.2) is 15.0 Å². The molecule has 1 radical (unpaired) electrons. The van der Waals surface area contributed by atoms with Gasteiger partial charge in [0, 0.05) is 27.5 Å². The summed E-state index contributed by atoms with van der Waals surface area (Å²) in [5, 5.41) is 12.8. The molecule has 0 saturated carbocycles. The van der Waals surface area contributed by atoms with Gasteiger partial charge in [0.1, 0.15) is 11.2 Å². The molecule has 2 aromatic heterocycles. The van der Waals surface area contributed by atoms with Gasteiger partial charge in [0.05, 0.1) is 11.2 Å². The first-order valence-electron chi connectivity index (χ1n) is 15.3. The fourth-order valence-corrected chi connectivity index (χ4v) is 5.23. The molecule has 7 rings (SSSR count). The van der Waals surface area contributed by atoms with E-state index in [-0.39, 0.29) is 0 Å². The Labute approximate surface area is 269 Å². The predicted octanol–water partition coefficient (Wildman–Crippen LogP) is 8.25. The number of hydrogen-bond acceptors (Lipinski definition) is 6. The number of fused-ring (bicyclic) bond motifs is 3. The zero-order valence-corrected chi connectivity index (χ0v) is 26.2. The van der Waals surface area contributed by atoms with E-state index in [9.17, 15) is 5.11 Å². The first kappa shape index (κ1) is 29.6. The molecule has 0 aliphatic heterocycles. The largest absolute Gasteiger partial charge is 0.456 e. The van der Waals surface area contributed by atoms with Gasteiger partial charge in [-0.05, 0) is 62.5 Å². The van der Waals surface area contributed by atoms with Crippen molar-refractivity contribution in [2.75, 3.05) is 0 Å². The van der Waals surface area contributed by atoms with Gasteiger partial charge in [-0.3, -0.25) is 0 Å². The second-order valence-electron chi connectivity index (χ2n) is 12.5. The monoisotopic (exact) mass is 602 g/mol. The van der Waals surface area contributed by atoms with Crippen LogP contribution in [0.3, 0.4) is 0 Å². The molecule has 5 aromatic carbocycles. The van der Waals surface area contributed by atoms with Gasteiger partial charge in [0.2, 0.25) is 0 Å². The summed E-state index contributed by atoms with van der Waals surface area (Å²) in [5.74, 6) is 1.83. The lowest BCUT2D eigenvalue weighted by Gasteiger charge is -2.37. The fraction of sp³-hybridized carbons (Fsp3) is 0.154. The van der Waals surface area contributed by atoms with Crippen molar-refractivity contribution in [2.24, 2.45) is 0 Å². The lowest BCUT2D eigenvalue weighted by Crippen LogP contribution is -2.49. The van der Waals surface area contributed by atoms with E-state index >= 15 is 0 Å². The second-order valence-corrected chi connectivity index (χ2v) is 12.5. The highest BCUT2D eigenvalue weighted by molar-refractivity contribution is 6.50. The van der Waals surface area contributed by atoms with Crippen LogP contribution in [0.4, 0.5) is 0 Å². The summed E-state index contributed by atoms with van der Waals surface area (Å²) in [6, 6.07) is 40.3. The molecule has 2 heterocycles. The minimum atomic E-state index is -1.06. The first-order chi connectivity index (χ1) is 22.2. The maximum atomic E-state index is 10.7. The van der Waals surface area contributed by atoms with E-state index in [1.807, 2.05) is 111 Å². The summed E-state index contributed by atoms with van der Waals surface area (Å²) in [4.78, 5) is 14.6. The van der Waals surface area contributed by atoms with Gasteiger partial charge < -0.3 is 14.2 Å². The van der Waals surface area contributed by atoms with Gasteiger partial charge in [0.15, 0.2) is 17.5 Å². The van der Waals surface area contributed by atoms with E-state index in [4.69, 9.17) is 24.0 Å². The molecule has 46 heavy (non-hydrogen) atoms. The van der Waals surface area contributed by atoms with Crippen molar-refractivity contribution < 1.29 is 14.2 Å². The number of furan rings is 1. The van der Waals surface area contributed by atoms with E-state index in [2.05, 4.69) is 24.3 Å². The molecule has 0 bridgehead atoms. The number of hydrogen-bond donors (Lipinski definition) is 1. The van der Waals surface area contributed by atoms with Crippen LogP contribution >= 0.6 is 0 Å². The summed E-state index contributed by atoms with van der Waals surface area (Å²) in [6.07, 6.45) is 0. The molecule has 0 atom stereocenters. The van der Waals surface area contributed by atoms with Gasteiger partial charge in [0.25, 0.3) is 0 Å². The predicted molar refractivity (Wildman–Crippen MR) is 186 cm³/mol. The highest BCUT2D eigenvalue weighted by atomic mass is 16.5. The molecule has 225 valence electrons. The number of aromatic nitrogens is 3. The van der Waals surface area contributed by atoms with Crippen LogP contribution in [0.25, 0.3) is 67.2 Å². The van der Waals surface area contributed by atoms with Crippen molar-refractivity contribution >= 4 is 34.9 Å². The highest BCUT2D eigenvalue weighted by Gasteiger charge is 2.36. The molecule has 7 heteroatoms. The number of para-hydroxylation sites is 1. The van der Waals surface area contributed by atoms with Gasteiger partial charge in [-0.2, -0.15) is 0 Å². The molecule has 0 aliphatic rings. The normalized spacial score (nSPS) is 12.1. The average Bonchev–Trinajstić information content (AvgIpc) is 3.44. The third kappa shape index (κ3) is 5.71. The number of nitrogens with zero attached hydrogens (tertiary/aromatic N) is 3. The summed E-state index contributed by atoms with van der Waals surface area (Å²) in [5.41, 5.74) is 5.24. The van der Waals surface area contributed by atoms with Gasteiger partial charge >= 0.3 is 7.48 Å². The van der Waals surface area contributed by atoms with Crippen LogP contribution in [0.5, 0.6) is 0 Å². The van der Waals surface area contributed by atoms with Gasteiger partial charge in [-0.1, -0.05) is 103 Å². The molecular weight excluding hydrogens is 569 g/mol. The zero-order valence-electron chi connectivity index (χ0n) is 26.2. The molecule has 0 unspecified atom stereocenters. The van der Waals surface area contributed by atoms with Crippen molar-refractivity contribution in [1.29, 1.82) is 0 Å². The molecule has 7 aromatic rings. The quantitative estimate of drug-likeness (QED) is 0.177. The van der Waals surface area contributed by atoms with Crippen molar-refractivity contribution in [3.63, 3.8) is 0 Å². The molecular formula is C39H33BN3O3. The standard InChI is InChI=1S/C39H33BN3O3/c1-38(2,44)39(3,4)46-40-32-24-34-31(29-17-11-12-18-33(29)45-34)23-30(32)25-19-21-28(22-20-25)37-42-35(26-13-7-5-8-14-26)41-36(43-37)27-15-9-6-10-16-27/h5-24,44H,1-4H3. The van der Waals surface area contributed by atoms with E-state index in [1.54, 1.807) is 21.3 Å². The Kier molecular flexibility index (Phi) is 7.51. The highest BCUT2D eigenvalue weighted by Crippen LogP contribution is 2.33. The molecule has 0 amide bonds. The van der Waals surface area contributed by atoms with Crippen LogP contribution in [0.2, 0.25) is 0 Å². The van der Waals surface area contributed by atoms with Crippen LogP contribution in [0.1, 0.15) is 27.7 Å². The maximum Gasteiger partial charge on any atom is 0.331 e. The Morgan fingerprint density at radius 1 is 0.565 bits per heavy atom. The van der Waals surface area contributed by atoms with Crippen LogP contribution in [-0.2, 0) is 4.65 Å². The molecule has 1 N–H and O–H groups in total. The van der Waals surface area contributed by atoms with E-state index in [0.29, 0.717) is 17.5 Å². The first-order valence-corrected chi connectivity index (χ1v) is 15.3. The Balaban J connectivity index is 1.32. The SMILES string of the molecule is CC(C)(O)C(C)(C)O[B]c1cc2oc3ccccc3c2cc1-c1ccc(-c2nc(-c3ccccc3)nc(-c3ccccc3)n2)cc1. The van der Waals surface area contributed by atoms with Crippen LogP contribution in [0.15, 0.2) is 126 Å². The molecule has 6 nitrogen and oxygen atoms in total. The molecule has 0 aliphatic carbocycles. The lowest BCUT2D eigenvalue weighted by molar-refractivity contribution is -0.0893. The van der Waals surface area contributed by atoms with Crippen LogP contribution < -0.4 is 5.46 Å². The van der Waals surface area contributed by atoms with Crippen LogP contribution in [-0.4, -0.2) is 38.7 Å². The average molecular weight is 603 g/mol. The van der Waals surface area contributed by atoms with Crippen molar-refractivity contribution in [3.8, 4) is 45.3 Å². The number of aliphatic hydroxyl groups is 1. The van der Waals surface area contributed by atoms with Crippen molar-refractivity contribution in [2.45, 2.75) is 38.9 Å². The van der Waals surface area contributed by atoms with E-state index in [1.165, 1.54) is 0 Å². The van der Waals surface area contributed by atoms with Gasteiger partial charge in [-0.15, -0.1) is 0 Å². The second kappa shape index (κ2) is 11.7. The number of benzene rings is 5.